The average Bonchev–Trinajstić information content (AvgIpc) is 2.53. The Balaban J connectivity index is 3.01. The first-order valence-corrected chi connectivity index (χ1v) is 8.60. The molecule has 0 fully saturated rings. The molecule has 0 aliphatic heterocycles. The fourth-order valence-corrected chi connectivity index (χ4v) is 2.62. The Morgan fingerprint density at radius 1 is 1.17 bits per heavy atom. The summed E-state index contributed by atoms with van der Waals surface area (Å²) < 4.78 is 0. The van der Waals surface area contributed by atoms with Crippen molar-refractivity contribution in [3.8, 4) is 0 Å². The van der Waals surface area contributed by atoms with Crippen molar-refractivity contribution < 1.29 is 9.59 Å². The monoisotopic (exact) mass is 358 g/mol. The van der Waals surface area contributed by atoms with Crippen LogP contribution in [0, 0.1) is 0 Å². The van der Waals surface area contributed by atoms with Gasteiger partial charge in [0.25, 0.3) is 0 Å². The normalized spacial score (nSPS) is 13.3. The quantitative estimate of drug-likeness (QED) is 0.799. The highest BCUT2D eigenvalue weighted by Crippen LogP contribution is 2.26. The molecule has 2 amide bonds. The number of nitrogens with one attached hydrogen (secondary N) is 1. The molecule has 128 valence electrons. The van der Waals surface area contributed by atoms with Gasteiger partial charge in [0, 0.05) is 34.6 Å². The van der Waals surface area contributed by atoms with Crippen molar-refractivity contribution in [3.63, 3.8) is 0 Å². The van der Waals surface area contributed by atoms with Crippen LogP contribution in [0.2, 0.25) is 10.0 Å². The summed E-state index contributed by atoms with van der Waals surface area (Å²) >= 11 is 12.4. The summed E-state index contributed by atoms with van der Waals surface area (Å²) in [6.07, 6.45) is 1.14. The van der Waals surface area contributed by atoms with Crippen LogP contribution in [0.4, 0.5) is 0 Å². The minimum Gasteiger partial charge on any atom is -0.352 e. The highest BCUT2D eigenvalue weighted by molar-refractivity contribution is 6.36. The van der Waals surface area contributed by atoms with Crippen LogP contribution < -0.4 is 5.32 Å². The van der Waals surface area contributed by atoms with Crippen LogP contribution in [-0.2, 0) is 16.1 Å². The van der Waals surface area contributed by atoms with Gasteiger partial charge in [0.2, 0.25) is 11.8 Å². The van der Waals surface area contributed by atoms with Crippen LogP contribution in [0.3, 0.4) is 0 Å². The van der Waals surface area contributed by atoms with E-state index in [0.717, 1.165) is 6.42 Å². The van der Waals surface area contributed by atoms with E-state index in [1.54, 1.807) is 32.0 Å². The zero-order valence-electron chi connectivity index (χ0n) is 14.0. The molecule has 0 spiro atoms. The number of hydrogen-bond acceptors (Lipinski definition) is 2. The smallest absolute Gasteiger partial charge is 0.242 e. The molecule has 0 unspecified atom stereocenters. The Bertz CT molecular complexity index is 543. The SMILES string of the molecule is CCC(=O)N(Cc1c(Cl)cccc1Cl)[C@H](C)C(=O)N[C@H](C)CC. The number of benzene rings is 1. The van der Waals surface area contributed by atoms with E-state index < -0.39 is 6.04 Å². The molecule has 0 heterocycles. The molecule has 0 aliphatic rings. The predicted molar refractivity (Wildman–Crippen MR) is 94.7 cm³/mol. The van der Waals surface area contributed by atoms with Gasteiger partial charge in [-0.1, -0.05) is 43.1 Å². The molecule has 0 aliphatic carbocycles. The van der Waals surface area contributed by atoms with Gasteiger partial charge in [-0.2, -0.15) is 0 Å². The topological polar surface area (TPSA) is 49.4 Å². The summed E-state index contributed by atoms with van der Waals surface area (Å²) in [4.78, 5) is 26.2. The van der Waals surface area contributed by atoms with E-state index in [1.807, 2.05) is 13.8 Å². The molecular formula is C17H24Cl2N2O2. The fourth-order valence-electron chi connectivity index (χ4n) is 2.10. The molecule has 0 saturated heterocycles. The third-order valence-corrected chi connectivity index (χ3v) is 4.57. The maximum atomic E-state index is 12.4. The summed E-state index contributed by atoms with van der Waals surface area (Å²) in [7, 11) is 0. The Hall–Kier alpha value is -1.26. The summed E-state index contributed by atoms with van der Waals surface area (Å²) in [5, 5.41) is 3.88. The number of nitrogens with zero attached hydrogens (tertiary/aromatic N) is 1. The minimum atomic E-state index is -0.594. The fraction of sp³-hybridized carbons (Fsp3) is 0.529. The lowest BCUT2D eigenvalue weighted by Gasteiger charge is -2.30. The van der Waals surface area contributed by atoms with E-state index in [0.29, 0.717) is 22.0 Å². The number of rotatable bonds is 7. The highest BCUT2D eigenvalue weighted by atomic mass is 35.5. The van der Waals surface area contributed by atoms with E-state index in [1.165, 1.54) is 4.90 Å². The van der Waals surface area contributed by atoms with Gasteiger partial charge in [-0.15, -0.1) is 0 Å². The number of amides is 2. The van der Waals surface area contributed by atoms with Crippen LogP contribution in [0.5, 0.6) is 0 Å². The van der Waals surface area contributed by atoms with Crippen molar-refractivity contribution in [2.75, 3.05) is 0 Å². The zero-order chi connectivity index (χ0) is 17.6. The van der Waals surface area contributed by atoms with Gasteiger partial charge in [-0.05, 0) is 32.4 Å². The number of carbonyl (C=O) groups is 2. The van der Waals surface area contributed by atoms with Crippen molar-refractivity contribution >= 4 is 35.0 Å². The molecule has 1 aromatic rings. The minimum absolute atomic E-state index is 0.0624. The van der Waals surface area contributed by atoms with Gasteiger partial charge in [0.05, 0.1) is 0 Å². The highest BCUT2D eigenvalue weighted by Gasteiger charge is 2.26. The molecule has 23 heavy (non-hydrogen) atoms. The molecule has 6 heteroatoms. The zero-order valence-corrected chi connectivity index (χ0v) is 15.5. The average molecular weight is 359 g/mol. The Morgan fingerprint density at radius 3 is 2.22 bits per heavy atom. The van der Waals surface area contributed by atoms with E-state index in [9.17, 15) is 9.59 Å². The summed E-state index contributed by atoms with van der Waals surface area (Å²) in [5.74, 6) is -0.294. The van der Waals surface area contributed by atoms with Gasteiger partial charge >= 0.3 is 0 Å². The second-order valence-corrected chi connectivity index (χ2v) is 6.38. The number of carbonyl (C=O) groups excluding carboxylic acids is 2. The van der Waals surface area contributed by atoms with Gasteiger partial charge in [0.15, 0.2) is 0 Å². The molecule has 2 atom stereocenters. The van der Waals surface area contributed by atoms with Crippen LogP contribution in [0.1, 0.15) is 46.1 Å². The lowest BCUT2D eigenvalue weighted by atomic mass is 10.1. The first-order chi connectivity index (χ1) is 10.8. The third-order valence-electron chi connectivity index (χ3n) is 3.86. The Kier molecular flexibility index (Phi) is 7.86. The lowest BCUT2D eigenvalue weighted by Crippen LogP contribution is -2.49. The molecule has 4 nitrogen and oxygen atoms in total. The number of halogens is 2. The maximum absolute atomic E-state index is 12.4. The summed E-state index contributed by atoms with van der Waals surface area (Å²) in [6.45, 7) is 7.62. The molecule has 0 aromatic heterocycles. The molecule has 0 saturated carbocycles. The van der Waals surface area contributed by atoms with Crippen LogP contribution in [0.15, 0.2) is 18.2 Å². The largest absolute Gasteiger partial charge is 0.352 e. The second kappa shape index (κ2) is 9.14. The van der Waals surface area contributed by atoms with Gasteiger partial charge in [-0.3, -0.25) is 9.59 Å². The first-order valence-electron chi connectivity index (χ1n) is 7.84. The van der Waals surface area contributed by atoms with Crippen molar-refractivity contribution in [2.24, 2.45) is 0 Å². The molecule has 0 bridgehead atoms. The van der Waals surface area contributed by atoms with E-state index in [2.05, 4.69) is 5.32 Å². The Morgan fingerprint density at radius 2 is 1.74 bits per heavy atom. The van der Waals surface area contributed by atoms with Crippen molar-refractivity contribution in [3.05, 3.63) is 33.8 Å². The van der Waals surface area contributed by atoms with Crippen molar-refractivity contribution in [1.82, 2.24) is 10.2 Å². The van der Waals surface area contributed by atoms with Crippen LogP contribution >= 0.6 is 23.2 Å². The van der Waals surface area contributed by atoms with Crippen LogP contribution in [0.25, 0.3) is 0 Å². The van der Waals surface area contributed by atoms with Crippen LogP contribution in [-0.4, -0.2) is 28.8 Å². The number of hydrogen-bond donors (Lipinski definition) is 1. The molecule has 1 rings (SSSR count). The Labute approximate surface area is 148 Å². The van der Waals surface area contributed by atoms with Gasteiger partial charge < -0.3 is 10.2 Å². The van der Waals surface area contributed by atoms with Crippen molar-refractivity contribution in [2.45, 2.75) is 59.2 Å². The van der Waals surface area contributed by atoms with E-state index in [-0.39, 0.29) is 24.4 Å². The van der Waals surface area contributed by atoms with E-state index >= 15 is 0 Å². The lowest BCUT2D eigenvalue weighted by molar-refractivity contribution is -0.140. The third kappa shape index (κ3) is 5.40. The molecule has 1 aromatic carbocycles. The molecule has 1 N–H and O–H groups in total. The first kappa shape index (κ1) is 19.8. The maximum Gasteiger partial charge on any atom is 0.242 e. The van der Waals surface area contributed by atoms with Gasteiger partial charge in [-0.25, -0.2) is 0 Å². The molecular weight excluding hydrogens is 335 g/mol. The van der Waals surface area contributed by atoms with E-state index in [4.69, 9.17) is 23.2 Å². The predicted octanol–water partition coefficient (Wildman–Crippen LogP) is 4.04. The standard InChI is InChI=1S/C17H24Cl2N2O2/c1-5-11(3)20-17(23)12(4)21(16(22)6-2)10-13-14(18)8-7-9-15(13)19/h7-9,11-12H,5-6,10H2,1-4H3,(H,20,23)/t11-,12-/m1/s1. The summed E-state index contributed by atoms with van der Waals surface area (Å²) in [5.41, 5.74) is 0.654. The second-order valence-electron chi connectivity index (χ2n) is 5.57. The summed E-state index contributed by atoms with van der Waals surface area (Å²) in [6, 6.07) is 4.66. The molecule has 0 radical (unpaired) electrons. The van der Waals surface area contributed by atoms with Crippen molar-refractivity contribution in [1.29, 1.82) is 0 Å². The van der Waals surface area contributed by atoms with Gasteiger partial charge in [0.1, 0.15) is 6.04 Å².